The van der Waals surface area contributed by atoms with Crippen molar-refractivity contribution in [3.63, 3.8) is 0 Å². The fraction of sp³-hybridized carbons (Fsp3) is 0.318. The van der Waals surface area contributed by atoms with Gasteiger partial charge in [0.1, 0.15) is 28.0 Å². The van der Waals surface area contributed by atoms with E-state index in [1.807, 2.05) is 6.92 Å². The first-order chi connectivity index (χ1) is 15.7. The van der Waals surface area contributed by atoms with Crippen molar-refractivity contribution >= 4 is 27.7 Å². The number of anilines is 1. The maximum Gasteiger partial charge on any atom is 0.249 e. The van der Waals surface area contributed by atoms with Crippen molar-refractivity contribution in [1.29, 1.82) is 0 Å². The van der Waals surface area contributed by atoms with Gasteiger partial charge in [-0.1, -0.05) is 13.0 Å². The largest absolute Gasteiger partial charge is 0.495 e. The molecule has 1 aliphatic rings. The molecule has 0 aliphatic carbocycles. The van der Waals surface area contributed by atoms with Gasteiger partial charge in [0.25, 0.3) is 0 Å². The molecule has 2 aromatic heterocycles. The highest BCUT2D eigenvalue weighted by Gasteiger charge is 2.28. The smallest absolute Gasteiger partial charge is 0.249 e. The molecule has 0 radical (unpaired) electrons. The van der Waals surface area contributed by atoms with E-state index in [1.165, 1.54) is 23.9 Å². The second-order valence-electron chi connectivity index (χ2n) is 7.58. The second-order valence-corrected chi connectivity index (χ2v) is 9.32. The third-order valence-corrected chi connectivity index (χ3v) is 6.75. The molecule has 33 heavy (non-hydrogen) atoms. The first kappa shape index (κ1) is 22.7. The topological polar surface area (TPSA) is 133 Å². The van der Waals surface area contributed by atoms with Crippen LogP contribution in [0.4, 0.5) is 5.82 Å². The Kier molecular flexibility index (Phi) is 6.09. The van der Waals surface area contributed by atoms with Crippen LogP contribution in [0.1, 0.15) is 41.8 Å². The molecule has 0 spiro atoms. The molecule has 0 saturated heterocycles. The van der Waals surface area contributed by atoms with Crippen molar-refractivity contribution in [1.82, 2.24) is 14.5 Å². The monoisotopic (exact) mass is 472 g/mol. The lowest BCUT2D eigenvalue weighted by atomic mass is 10.0. The van der Waals surface area contributed by atoms with Crippen LogP contribution in [0.5, 0.6) is 5.75 Å². The van der Waals surface area contributed by atoms with Gasteiger partial charge < -0.3 is 14.5 Å². The summed E-state index contributed by atoms with van der Waals surface area (Å²) in [5.74, 6) is 0.936. The third kappa shape index (κ3) is 4.41. The zero-order valence-corrected chi connectivity index (χ0v) is 19.3. The van der Waals surface area contributed by atoms with Crippen LogP contribution in [-0.4, -0.2) is 37.1 Å². The third-order valence-electron chi connectivity index (χ3n) is 5.33. The highest BCUT2D eigenvalue weighted by molar-refractivity contribution is 7.89. The molecule has 3 heterocycles. The Morgan fingerprint density at radius 3 is 2.67 bits per heavy atom. The SMILES string of the molecule is CCc1nn2c(c1-c1ccc(OC)c(S(=O)(=O)NCc3ccc(C)o3)c1)NC(=O)CCC2=O. The van der Waals surface area contributed by atoms with Crippen LogP contribution in [0.3, 0.4) is 0 Å². The van der Waals surface area contributed by atoms with Gasteiger partial charge in [-0.05, 0) is 43.2 Å². The quantitative estimate of drug-likeness (QED) is 0.540. The summed E-state index contributed by atoms with van der Waals surface area (Å²) in [4.78, 5) is 24.6. The van der Waals surface area contributed by atoms with Gasteiger partial charge in [-0.15, -0.1) is 0 Å². The minimum Gasteiger partial charge on any atom is -0.495 e. The highest BCUT2D eigenvalue weighted by atomic mass is 32.2. The van der Waals surface area contributed by atoms with E-state index in [9.17, 15) is 18.0 Å². The molecule has 11 heteroatoms. The van der Waals surface area contributed by atoms with Crippen LogP contribution >= 0.6 is 0 Å². The molecule has 3 aromatic rings. The molecule has 174 valence electrons. The van der Waals surface area contributed by atoms with Crippen molar-refractivity contribution in [2.24, 2.45) is 0 Å². The average molecular weight is 473 g/mol. The van der Waals surface area contributed by atoms with Crippen LogP contribution in [0.2, 0.25) is 0 Å². The maximum absolute atomic E-state index is 13.1. The molecule has 10 nitrogen and oxygen atoms in total. The molecule has 0 fully saturated rings. The highest BCUT2D eigenvalue weighted by Crippen LogP contribution is 2.37. The summed E-state index contributed by atoms with van der Waals surface area (Å²) in [5, 5.41) is 7.12. The van der Waals surface area contributed by atoms with Crippen LogP contribution in [-0.2, 0) is 27.8 Å². The first-order valence-electron chi connectivity index (χ1n) is 10.4. The summed E-state index contributed by atoms with van der Waals surface area (Å²) < 4.78 is 40.7. The summed E-state index contributed by atoms with van der Waals surface area (Å²) in [6, 6.07) is 8.10. The lowest BCUT2D eigenvalue weighted by Crippen LogP contribution is -2.23. The number of ether oxygens (including phenoxy) is 1. The number of aryl methyl sites for hydroxylation is 2. The fourth-order valence-corrected chi connectivity index (χ4v) is 4.88. The zero-order valence-electron chi connectivity index (χ0n) is 18.5. The predicted octanol–water partition coefficient (Wildman–Crippen LogP) is 2.87. The molecule has 1 aromatic carbocycles. The Morgan fingerprint density at radius 2 is 2.00 bits per heavy atom. The number of sulfonamides is 1. The van der Waals surface area contributed by atoms with E-state index < -0.39 is 10.0 Å². The van der Waals surface area contributed by atoms with Gasteiger partial charge in [0.15, 0.2) is 0 Å². The van der Waals surface area contributed by atoms with Crippen molar-refractivity contribution in [2.45, 2.75) is 44.6 Å². The number of furan rings is 1. The Balaban J connectivity index is 1.79. The number of carbonyl (C=O) groups is 2. The predicted molar refractivity (Wildman–Crippen MR) is 120 cm³/mol. The number of amides is 1. The summed E-state index contributed by atoms with van der Waals surface area (Å²) in [5.41, 5.74) is 1.55. The Morgan fingerprint density at radius 1 is 1.21 bits per heavy atom. The molecule has 0 atom stereocenters. The molecule has 2 N–H and O–H groups in total. The second kappa shape index (κ2) is 8.83. The van der Waals surface area contributed by atoms with E-state index in [2.05, 4.69) is 15.1 Å². The van der Waals surface area contributed by atoms with E-state index in [1.54, 1.807) is 25.1 Å². The Labute approximate surface area is 191 Å². The number of nitrogens with one attached hydrogen (secondary N) is 2. The van der Waals surface area contributed by atoms with Gasteiger partial charge in [0.2, 0.25) is 21.8 Å². The average Bonchev–Trinajstić information content (AvgIpc) is 3.35. The number of benzene rings is 1. The molecule has 1 amide bonds. The van der Waals surface area contributed by atoms with Crippen molar-refractivity contribution in [2.75, 3.05) is 12.4 Å². The number of nitrogens with zero attached hydrogens (tertiary/aromatic N) is 2. The molecule has 4 rings (SSSR count). The number of rotatable bonds is 7. The summed E-state index contributed by atoms with van der Waals surface area (Å²) >= 11 is 0. The molecular formula is C22H24N4O6S. The molecule has 0 bridgehead atoms. The fourth-order valence-electron chi connectivity index (χ4n) is 3.70. The van der Waals surface area contributed by atoms with E-state index in [0.29, 0.717) is 34.8 Å². The molecule has 0 unspecified atom stereocenters. The van der Waals surface area contributed by atoms with Crippen LogP contribution in [0.15, 0.2) is 39.6 Å². The van der Waals surface area contributed by atoms with E-state index in [-0.39, 0.29) is 47.7 Å². The van der Waals surface area contributed by atoms with Crippen molar-refractivity contribution in [3.05, 3.63) is 47.5 Å². The molecular weight excluding hydrogens is 448 g/mol. The number of hydrogen-bond donors (Lipinski definition) is 2. The van der Waals surface area contributed by atoms with E-state index in [0.717, 1.165) is 0 Å². The zero-order chi connectivity index (χ0) is 23.8. The van der Waals surface area contributed by atoms with Crippen molar-refractivity contribution < 1.29 is 27.2 Å². The standard InChI is InChI=1S/C22H24N4O6S/c1-4-16-21(22-24-19(27)9-10-20(28)26(22)25-16)14-6-8-17(31-3)18(11-14)33(29,30)23-12-15-7-5-13(2)32-15/h5-8,11,23H,4,9-10,12H2,1-3H3,(H,24,27). The number of hydrogen-bond acceptors (Lipinski definition) is 7. The normalized spacial score (nSPS) is 14.0. The summed E-state index contributed by atoms with van der Waals surface area (Å²) in [7, 11) is -2.61. The van der Waals surface area contributed by atoms with E-state index in [4.69, 9.17) is 9.15 Å². The lowest BCUT2D eigenvalue weighted by Gasteiger charge is -2.13. The van der Waals surface area contributed by atoms with Gasteiger partial charge >= 0.3 is 0 Å². The van der Waals surface area contributed by atoms with Gasteiger partial charge in [-0.25, -0.2) is 13.1 Å². The van der Waals surface area contributed by atoms with Crippen molar-refractivity contribution in [3.8, 4) is 16.9 Å². The molecule has 0 saturated carbocycles. The summed E-state index contributed by atoms with van der Waals surface area (Å²) in [6.45, 7) is 3.61. The number of carbonyl (C=O) groups excluding carboxylic acids is 2. The van der Waals surface area contributed by atoms with Gasteiger partial charge in [0.05, 0.1) is 19.3 Å². The van der Waals surface area contributed by atoms with Gasteiger partial charge in [-0.3, -0.25) is 9.59 Å². The number of aromatic nitrogens is 2. The number of methoxy groups -OCH3 is 1. The van der Waals surface area contributed by atoms with Crippen LogP contribution in [0, 0.1) is 6.92 Å². The van der Waals surface area contributed by atoms with E-state index >= 15 is 0 Å². The maximum atomic E-state index is 13.1. The van der Waals surface area contributed by atoms with Gasteiger partial charge in [0, 0.05) is 18.4 Å². The first-order valence-corrected chi connectivity index (χ1v) is 11.9. The minimum absolute atomic E-state index is 0.0303. The van der Waals surface area contributed by atoms with Gasteiger partial charge in [-0.2, -0.15) is 9.78 Å². The Hall–Kier alpha value is -3.44. The van der Waals surface area contributed by atoms with Crippen LogP contribution in [0.25, 0.3) is 11.1 Å². The Bertz CT molecular complexity index is 1340. The minimum atomic E-state index is -3.99. The van der Waals surface area contributed by atoms with Crippen LogP contribution < -0.4 is 14.8 Å². The summed E-state index contributed by atoms with van der Waals surface area (Å²) in [6.07, 6.45) is 0.575. The molecule has 1 aliphatic heterocycles. The number of fused-ring (bicyclic) bond motifs is 1. The lowest BCUT2D eigenvalue weighted by molar-refractivity contribution is -0.116.